The molecule has 0 unspecified atom stereocenters. The van der Waals surface area contributed by atoms with E-state index in [-0.39, 0.29) is 12.5 Å². The lowest BCUT2D eigenvalue weighted by Crippen LogP contribution is -2.43. The van der Waals surface area contributed by atoms with E-state index < -0.39 is 11.8 Å². The van der Waals surface area contributed by atoms with Crippen LogP contribution in [0.5, 0.6) is 11.5 Å². The minimum atomic E-state index is -0.498. The number of carbonyl (C=O) groups excluding carboxylic acids is 3. The standard InChI is InChI=1S/C26H25N3O5/c1-18(30)29-14-13-20-15-21(7-12-24(20)29)26(32)28-27-25(31)17-34-23-10-8-22(9-11-23)33-16-19-5-3-2-4-6-19/h2-12,15H,13-14,16-17H2,1H3,(H,27,31)(H,28,32). The Balaban J connectivity index is 1.21. The fraction of sp³-hybridized carbons (Fsp3) is 0.192. The van der Waals surface area contributed by atoms with Gasteiger partial charge in [-0.1, -0.05) is 30.3 Å². The Hall–Kier alpha value is -4.33. The zero-order valence-corrected chi connectivity index (χ0v) is 18.7. The zero-order chi connectivity index (χ0) is 23.9. The molecule has 0 aliphatic carbocycles. The van der Waals surface area contributed by atoms with Crippen LogP contribution in [0.15, 0.2) is 72.8 Å². The number of hydrogen-bond donors (Lipinski definition) is 2. The second kappa shape index (κ2) is 10.5. The van der Waals surface area contributed by atoms with Crippen LogP contribution < -0.4 is 25.2 Å². The molecule has 0 spiro atoms. The van der Waals surface area contributed by atoms with Gasteiger partial charge >= 0.3 is 0 Å². The molecule has 4 rings (SSSR count). The Morgan fingerprint density at radius 3 is 2.29 bits per heavy atom. The average molecular weight is 460 g/mol. The largest absolute Gasteiger partial charge is 0.489 e. The van der Waals surface area contributed by atoms with E-state index in [9.17, 15) is 14.4 Å². The number of nitrogens with one attached hydrogen (secondary N) is 2. The predicted octanol–water partition coefficient (Wildman–Crippen LogP) is 3.01. The quantitative estimate of drug-likeness (QED) is 0.530. The fourth-order valence-corrected chi connectivity index (χ4v) is 3.63. The third-order valence-electron chi connectivity index (χ3n) is 5.37. The zero-order valence-electron chi connectivity index (χ0n) is 18.7. The number of amides is 3. The number of ether oxygens (including phenoxy) is 2. The van der Waals surface area contributed by atoms with E-state index in [0.717, 1.165) is 16.8 Å². The van der Waals surface area contributed by atoms with Crippen molar-refractivity contribution in [3.63, 3.8) is 0 Å². The molecule has 174 valence electrons. The highest BCUT2D eigenvalue weighted by Gasteiger charge is 2.23. The number of carbonyl (C=O) groups is 3. The van der Waals surface area contributed by atoms with Gasteiger partial charge in [0.05, 0.1) is 0 Å². The van der Waals surface area contributed by atoms with Crippen molar-refractivity contribution in [3.8, 4) is 11.5 Å². The van der Waals surface area contributed by atoms with E-state index in [1.165, 1.54) is 6.92 Å². The molecule has 0 aromatic heterocycles. The van der Waals surface area contributed by atoms with Crippen LogP contribution in [0.25, 0.3) is 0 Å². The summed E-state index contributed by atoms with van der Waals surface area (Å²) in [5.41, 5.74) is 7.94. The van der Waals surface area contributed by atoms with Gasteiger partial charge in [0.1, 0.15) is 18.1 Å². The molecule has 0 atom stereocenters. The van der Waals surface area contributed by atoms with Crippen molar-refractivity contribution in [1.29, 1.82) is 0 Å². The van der Waals surface area contributed by atoms with Gasteiger partial charge in [-0.2, -0.15) is 0 Å². The van der Waals surface area contributed by atoms with E-state index >= 15 is 0 Å². The van der Waals surface area contributed by atoms with Crippen LogP contribution in [-0.4, -0.2) is 30.9 Å². The van der Waals surface area contributed by atoms with Crippen molar-refractivity contribution in [1.82, 2.24) is 10.9 Å². The van der Waals surface area contributed by atoms with Gasteiger partial charge in [-0.3, -0.25) is 25.2 Å². The van der Waals surface area contributed by atoms with Crippen LogP contribution >= 0.6 is 0 Å². The molecular weight excluding hydrogens is 434 g/mol. The SMILES string of the molecule is CC(=O)N1CCc2cc(C(=O)NNC(=O)COc3ccc(OCc4ccccc4)cc3)ccc21. The topological polar surface area (TPSA) is 97.0 Å². The van der Waals surface area contributed by atoms with E-state index in [1.54, 1.807) is 47.4 Å². The molecule has 3 amide bonds. The summed E-state index contributed by atoms with van der Waals surface area (Å²) in [7, 11) is 0. The van der Waals surface area contributed by atoms with E-state index in [1.807, 2.05) is 30.3 Å². The summed E-state index contributed by atoms with van der Waals surface area (Å²) in [6, 6.07) is 21.9. The highest BCUT2D eigenvalue weighted by Crippen LogP contribution is 2.28. The highest BCUT2D eigenvalue weighted by molar-refractivity contribution is 5.98. The lowest BCUT2D eigenvalue weighted by atomic mass is 10.1. The first-order valence-electron chi connectivity index (χ1n) is 10.9. The molecule has 1 heterocycles. The van der Waals surface area contributed by atoms with Crippen molar-refractivity contribution < 1.29 is 23.9 Å². The highest BCUT2D eigenvalue weighted by atomic mass is 16.5. The van der Waals surface area contributed by atoms with Crippen molar-refractivity contribution in [2.45, 2.75) is 20.0 Å². The van der Waals surface area contributed by atoms with Crippen molar-refractivity contribution >= 4 is 23.4 Å². The first-order valence-corrected chi connectivity index (χ1v) is 10.9. The second-order valence-electron chi connectivity index (χ2n) is 7.80. The summed E-state index contributed by atoms with van der Waals surface area (Å²) in [6.07, 6.45) is 0.687. The fourth-order valence-electron chi connectivity index (χ4n) is 3.63. The lowest BCUT2D eigenvalue weighted by Gasteiger charge is -2.15. The summed E-state index contributed by atoms with van der Waals surface area (Å²) in [5, 5.41) is 0. The van der Waals surface area contributed by atoms with Gasteiger partial charge in [-0.25, -0.2) is 0 Å². The Morgan fingerprint density at radius 1 is 0.882 bits per heavy atom. The van der Waals surface area contributed by atoms with Gasteiger partial charge in [0, 0.05) is 24.7 Å². The molecule has 0 fully saturated rings. The van der Waals surface area contributed by atoms with Gasteiger partial charge in [0.2, 0.25) is 5.91 Å². The van der Waals surface area contributed by atoms with E-state index in [2.05, 4.69) is 10.9 Å². The van der Waals surface area contributed by atoms with Crippen LogP contribution in [0.4, 0.5) is 5.69 Å². The monoisotopic (exact) mass is 459 g/mol. The van der Waals surface area contributed by atoms with Crippen LogP contribution in [0.1, 0.15) is 28.4 Å². The molecule has 1 aliphatic heterocycles. The van der Waals surface area contributed by atoms with Gasteiger partial charge < -0.3 is 14.4 Å². The first-order chi connectivity index (χ1) is 16.5. The maximum Gasteiger partial charge on any atom is 0.276 e. The van der Waals surface area contributed by atoms with Crippen LogP contribution in [0.2, 0.25) is 0 Å². The first kappa shape index (κ1) is 22.8. The number of rotatable bonds is 7. The van der Waals surface area contributed by atoms with Crippen LogP contribution in [0.3, 0.4) is 0 Å². The number of fused-ring (bicyclic) bond motifs is 1. The Bertz CT molecular complexity index is 1180. The van der Waals surface area contributed by atoms with Crippen molar-refractivity contribution in [3.05, 3.63) is 89.5 Å². The summed E-state index contributed by atoms with van der Waals surface area (Å²) in [6.45, 7) is 2.32. The van der Waals surface area contributed by atoms with Crippen molar-refractivity contribution in [2.24, 2.45) is 0 Å². The predicted molar refractivity (Wildman–Crippen MR) is 126 cm³/mol. The Labute approximate surface area is 197 Å². The molecule has 0 saturated carbocycles. The van der Waals surface area contributed by atoms with Gasteiger partial charge in [0.25, 0.3) is 11.8 Å². The second-order valence-corrected chi connectivity index (χ2v) is 7.80. The Kier molecular flexibility index (Phi) is 7.07. The van der Waals surface area contributed by atoms with Crippen molar-refractivity contribution in [2.75, 3.05) is 18.1 Å². The minimum Gasteiger partial charge on any atom is -0.489 e. The number of nitrogens with zero attached hydrogens (tertiary/aromatic N) is 1. The molecule has 0 bridgehead atoms. The molecule has 3 aromatic rings. The molecule has 2 N–H and O–H groups in total. The Morgan fingerprint density at radius 2 is 1.59 bits per heavy atom. The van der Waals surface area contributed by atoms with E-state index in [4.69, 9.17) is 9.47 Å². The van der Waals surface area contributed by atoms with Crippen LogP contribution in [-0.2, 0) is 22.6 Å². The molecule has 0 saturated heterocycles. The summed E-state index contributed by atoms with van der Waals surface area (Å²) in [4.78, 5) is 37.8. The number of hydrazine groups is 1. The average Bonchev–Trinajstić information content (AvgIpc) is 3.30. The number of anilines is 1. The summed E-state index contributed by atoms with van der Waals surface area (Å²) < 4.78 is 11.2. The molecular formula is C26H25N3O5. The van der Waals surface area contributed by atoms with Crippen LogP contribution in [0, 0.1) is 0 Å². The molecule has 8 nitrogen and oxygen atoms in total. The summed E-state index contributed by atoms with van der Waals surface area (Å²) in [5.74, 6) is 0.215. The van der Waals surface area contributed by atoms with Gasteiger partial charge in [-0.05, 0) is 60.0 Å². The third kappa shape index (κ3) is 5.72. The minimum absolute atomic E-state index is 0.0300. The number of benzene rings is 3. The smallest absolute Gasteiger partial charge is 0.276 e. The normalized spacial score (nSPS) is 12.0. The third-order valence-corrected chi connectivity index (χ3v) is 5.37. The molecule has 0 radical (unpaired) electrons. The summed E-state index contributed by atoms with van der Waals surface area (Å²) >= 11 is 0. The molecule has 1 aliphatic rings. The molecule has 34 heavy (non-hydrogen) atoms. The molecule has 3 aromatic carbocycles. The maximum absolute atomic E-state index is 12.4. The van der Waals surface area contributed by atoms with Gasteiger partial charge in [0.15, 0.2) is 6.61 Å². The van der Waals surface area contributed by atoms with Gasteiger partial charge in [-0.15, -0.1) is 0 Å². The van der Waals surface area contributed by atoms with E-state index in [0.29, 0.717) is 36.6 Å². The lowest BCUT2D eigenvalue weighted by molar-refractivity contribution is -0.123. The maximum atomic E-state index is 12.4. The number of hydrogen-bond acceptors (Lipinski definition) is 5. The molecule has 8 heteroatoms.